The molecule has 2 atom stereocenters. The van der Waals surface area contributed by atoms with Gasteiger partial charge in [-0.1, -0.05) is 359 Å². The maximum absolute atomic E-state index is 12.5. The lowest BCUT2D eigenvalue weighted by atomic mass is 10.0. The molecule has 83 heavy (non-hydrogen) atoms. The van der Waals surface area contributed by atoms with Crippen LogP contribution in [0, 0.1) is 0 Å². The van der Waals surface area contributed by atoms with Gasteiger partial charge in [0.1, 0.15) is 0 Å². The summed E-state index contributed by atoms with van der Waals surface area (Å²) in [6.45, 7) is 4.94. The molecular formula is C77H147NO5. The van der Waals surface area contributed by atoms with Crippen LogP contribution >= 0.6 is 0 Å². The maximum atomic E-state index is 12.5. The highest BCUT2D eigenvalue weighted by molar-refractivity contribution is 5.76. The summed E-state index contributed by atoms with van der Waals surface area (Å²) in [5.41, 5.74) is 0. The molecule has 0 aliphatic heterocycles. The molecule has 490 valence electrons. The van der Waals surface area contributed by atoms with Crippen LogP contribution in [0.15, 0.2) is 36.5 Å². The SMILES string of the molecule is CCCCCCCCC/C=C\CCCCCCCCCC(=O)OCCCCCCCCCCCCCC/C=C\CCCCCCCCCCC(=O)NC(CO)C(O)/C=C/CCCCCCCCCCCCCCCCCCCCCCCC. The summed E-state index contributed by atoms with van der Waals surface area (Å²) in [5, 5.41) is 23.3. The number of aliphatic hydroxyl groups is 2. The third kappa shape index (κ3) is 69.1. The van der Waals surface area contributed by atoms with Crippen LogP contribution in [0.25, 0.3) is 0 Å². The fourth-order valence-electron chi connectivity index (χ4n) is 11.9. The van der Waals surface area contributed by atoms with Crippen LogP contribution in [0.3, 0.4) is 0 Å². The number of aliphatic hydroxyl groups excluding tert-OH is 2. The van der Waals surface area contributed by atoms with Gasteiger partial charge in [0.05, 0.1) is 25.4 Å². The number of rotatable bonds is 71. The molecule has 0 aromatic rings. The monoisotopic (exact) mass is 1170 g/mol. The number of carbonyl (C=O) groups is 2. The first kappa shape index (κ1) is 81.1. The molecule has 0 bridgehead atoms. The maximum Gasteiger partial charge on any atom is 0.305 e. The smallest absolute Gasteiger partial charge is 0.305 e. The molecule has 0 saturated heterocycles. The Balaban J connectivity index is 3.42. The van der Waals surface area contributed by atoms with Crippen LogP contribution in [0.1, 0.15) is 418 Å². The molecule has 0 spiro atoms. The lowest BCUT2D eigenvalue weighted by Crippen LogP contribution is -2.45. The summed E-state index contributed by atoms with van der Waals surface area (Å²) in [5.74, 6) is -0.0583. The summed E-state index contributed by atoms with van der Waals surface area (Å²) in [4.78, 5) is 24.7. The van der Waals surface area contributed by atoms with Crippen LogP contribution < -0.4 is 5.32 Å². The lowest BCUT2D eigenvalue weighted by molar-refractivity contribution is -0.143. The van der Waals surface area contributed by atoms with Gasteiger partial charge in [-0.3, -0.25) is 9.59 Å². The van der Waals surface area contributed by atoms with E-state index < -0.39 is 12.1 Å². The molecule has 3 N–H and O–H groups in total. The van der Waals surface area contributed by atoms with Crippen molar-refractivity contribution in [1.82, 2.24) is 5.32 Å². The van der Waals surface area contributed by atoms with E-state index in [-0.39, 0.29) is 18.5 Å². The Morgan fingerprint density at radius 2 is 0.566 bits per heavy atom. The largest absolute Gasteiger partial charge is 0.466 e. The first-order valence-electron chi connectivity index (χ1n) is 37.8. The Bertz CT molecular complexity index is 1340. The minimum atomic E-state index is -0.849. The highest BCUT2D eigenvalue weighted by Gasteiger charge is 2.18. The van der Waals surface area contributed by atoms with E-state index in [1.807, 2.05) is 6.08 Å². The van der Waals surface area contributed by atoms with Gasteiger partial charge in [0, 0.05) is 12.8 Å². The molecule has 6 heteroatoms. The van der Waals surface area contributed by atoms with Gasteiger partial charge in [0.2, 0.25) is 5.91 Å². The third-order valence-electron chi connectivity index (χ3n) is 17.6. The Labute approximate surface area is 519 Å². The van der Waals surface area contributed by atoms with Crippen LogP contribution in [0.4, 0.5) is 0 Å². The predicted octanol–water partition coefficient (Wildman–Crippen LogP) is 24.7. The second kappa shape index (κ2) is 72.6. The number of hydrogen-bond acceptors (Lipinski definition) is 5. The van der Waals surface area contributed by atoms with Gasteiger partial charge < -0.3 is 20.3 Å². The Morgan fingerprint density at radius 3 is 0.855 bits per heavy atom. The minimum absolute atomic E-state index is 0.00997. The lowest BCUT2D eigenvalue weighted by Gasteiger charge is -2.20. The van der Waals surface area contributed by atoms with Crippen molar-refractivity contribution in [2.24, 2.45) is 0 Å². The number of hydrogen-bond donors (Lipinski definition) is 3. The molecule has 2 unspecified atom stereocenters. The molecule has 6 nitrogen and oxygen atoms in total. The van der Waals surface area contributed by atoms with E-state index in [2.05, 4.69) is 43.5 Å². The van der Waals surface area contributed by atoms with Crippen molar-refractivity contribution < 1.29 is 24.5 Å². The van der Waals surface area contributed by atoms with E-state index in [9.17, 15) is 19.8 Å². The van der Waals surface area contributed by atoms with Crippen LogP contribution in [-0.2, 0) is 14.3 Å². The van der Waals surface area contributed by atoms with E-state index in [4.69, 9.17) is 4.74 Å². The molecule has 1 amide bonds. The number of carbonyl (C=O) groups excluding carboxylic acids is 2. The van der Waals surface area contributed by atoms with Crippen molar-refractivity contribution >= 4 is 11.9 Å². The van der Waals surface area contributed by atoms with Crippen molar-refractivity contribution in [3.05, 3.63) is 36.5 Å². The first-order valence-corrected chi connectivity index (χ1v) is 37.8. The fourth-order valence-corrected chi connectivity index (χ4v) is 11.9. The van der Waals surface area contributed by atoms with E-state index >= 15 is 0 Å². The van der Waals surface area contributed by atoms with Crippen LogP contribution in [-0.4, -0.2) is 47.4 Å². The zero-order valence-corrected chi connectivity index (χ0v) is 56.2. The number of ether oxygens (including phenoxy) is 1. The molecule has 0 aromatic heterocycles. The quantitative estimate of drug-likeness (QED) is 0.0320. The molecule has 0 heterocycles. The predicted molar refractivity (Wildman–Crippen MR) is 366 cm³/mol. The molecule has 0 rings (SSSR count). The summed E-state index contributed by atoms with van der Waals surface area (Å²) >= 11 is 0. The Morgan fingerprint density at radius 1 is 0.325 bits per heavy atom. The van der Waals surface area contributed by atoms with Gasteiger partial charge in [-0.15, -0.1) is 0 Å². The number of esters is 1. The molecule has 0 aliphatic rings. The van der Waals surface area contributed by atoms with E-state index in [0.29, 0.717) is 19.4 Å². The second-order valence-corrected chi connectivity index (χ2v) is 26.0. The Hall–Kier alpha value is -1.92. The van der Waals surface area contributed by atoms with Crippen molar-refractivity contribution in [3.8, 4) is 0 Å². The average molecular weight is 1170 g/mol. The first-order chi connectivity index (χ1) is 41.0. The molecular weight excluding hydrogens is 1020 g/mol. The topological polar surface area (TPSA) is 95.9 Å². The van der Waals surface area contributed by atoms with Crippen molar-refractivity contribution in [3.63, 3.8) is 0 Å². The van der Waals surface area contributed by atoms with Crippen LogP contribution in [0.5, 0.6) is 0 Å². The Kier molecular flexibility index (Phi) is 70.9. The van der Waals surface area contributed by atoms with Gasteiger partial charge in [-0.05, 0) is 83.5 Å². The van der Waals surface area contributed by atoms with Crippen molar-refractivity contribution in [1.29, 1.82) is 0 Å². The summed E-state index contributed by atoms with van der Waals surface area (Å²) in [7, 11) is 0. The number of unbranched alkanes of at least 4 members (excludes halogenated alkanes) is 56. The fraction of sp³-hybridized carbons (Fsp3) is 0.896. The van der Waals surface area contributed by atoms with Crippen molar-refractivity contribution in [2.75, 3.05) is 13.2 Å². The molecule has 0 radical (unpaired) electrons. The standard InChI is InChI=1S/C77H147NO5/c1-3-5-7-9-11-13-15-17-19-21-23-24-25-28-31-34-37-41-45-49-53-57-61-65-69-75(80)74(73-79)78-76(81)70-66-62-58-54-50-46-42-38-35-32-29-26-27-30-33-36-40-44-48-52-56-60-64-68-72-83-77(82)71-67-63-59-55-51-47-43-39-22-20-18-16-14-12-10-8-6-4-2/h20,22,29,32,65,69,74-75,79-80H,3-19,21,23-28,30-31,33-64,66-68,70-73H2,1-2H3,(H,78,81)/b22-20-,32-29-,69-65+. The zero-order valence-electron chi connectivity index (χ0n) is 56.2. The highest BCUT2D eigenvalue weighted by atomic mass is 16.5. The molecule has 0 saturated carbocycles. The molecule has 0 aromatic carbocycles. The average Bonchev–Trinajstić information content (AvgIpc) is 3.49. The normalized spacial score (nSPS) is 12.7. The van der Waals surface area contributed by atoms with Gasteiger partial charge in [0.15, 0.2) is 0 Å². The molecule has 0 fully saturated rings. The highest BCUT2D eigenvalue weighted by Crippen LogP contribution is 2.19. The third-order valence-corrected chi connectivity index (χ3v) is 17.6. The van der Waals surface area contributed by atoms with Crippen LogP contribution in [0.2, 0.25) is 0 Å². The number of nitrogens with one attached hydrogen (secondary N) is 1. The van der Waals surface area contributed by atoms with Gasteiger partial charge in [-0.2, -0.15) is 0 Å². The molecule has 0 aliphatic carbocycles. The van der Waals surface area contributed by atoms with Gasteiger partial charge in [0.25, 0.3) is 0 Å². The van der Waals surface area contributed by atoms with Gasteiger partial charge >= 0.3 is 5.97 Å². The number of amides is 1. The summed E-state index contributed by atoms with van der Waals surface area (Å²) in [6.07, 6.45) is 93.8. The van der Waals surface area contributed by atoms with Gasteiger partial charge in [-0.25, -0.2) is 0 Å². The van der Waals surface area contributed by atoms with E-state index in [0.717, 1.165) is 44.9 Å². The summed E-state index contributed by atoms with van der Waals surface area (Å²) < 4.78 is 5.51. The van der Waals surface area contributed by atoms with Crippen molar-refractivity contribution in [2.45, 2.75) is 431 Å². The minimum Gasteiger partial charge on any atom is -0.466 e. The zero-order chi connectivity index (χ0) is 59.9. The number of allylic oxidation sites excluding steroid dienone is 5. The summed E-state index contributed by atoms with van der Waals surface area (Å²) in [6, 6.07) is -0.633. The van der Waals surface area contributed by atoms with E-state index in [1.165, 1.54) is 347 Å². The second-order valence-electron chi connectivity index (χ2n) is 26.0. The van der Waals surface area contributed by atoms with E-state index in [1.54, 1.807) is 6.08 Å².